The Morgan fingerprint density at radius 3 is 3.05 bits per heavy atom. The molecule has 0 saturated carbocycles. The zero-order chi connectivity index (χ0) is 15.1. The Balaban J connectivity index is 1.75. The first-order valence-electron chi connectivity index (χ1n) is 7.47. The lowest BCUT2D eigenvalue weighted by atomic mass is 9.98. The SMILES string of the molecule is CCOC(=O)[C@@H]1CCCN(CCSc2ccccc2F)C1. The highest BCUT2D eigenvalue weighted by Crippen LogP contribution is 2.23. The van der Waals surface area contributed by atoms with E-state index in [4.69, 9.17) is 4.74 Å². The Labute approximate surface area is 129 Å². The number of carbonyl (C=O) groups excluding carboxylic acids is 1. The number of esters is 1. The smallest absolute Gasteiger partial charge is 0.310 e. The summed E-state index contributed by atoms with van der Waals surface area (Å²) < 4.78 is 18.6. The molecule has 1 fully saturated rings. The number of carbonyl (C=O) groups is 1. The molecule has 1 aromatic carbocycles. The van der Waals surface area contributed by atoms with Crippen LogP contribution in [-0.2, 0) is 9.53 Å². The minimum atomic E-state index is -0.162. The number of thioether (sulfide) groups is 1. The summed E-state index contributed by atoms with van der Waals surface area (Å²) in [5.74, 6) is 0.586. The summed E-state index contributed by atoms with van der Waals surface area (Å²) in [7, 11) is 0. The van der Waals surface area contributed by atoms with Crippen molar-refractivity contribution in [3.63, 3.8) is 0 Å². The summed E-state index contributed by atoms with van der Waals surface area (Å²) in [5, 5.41) is 0. The third-order valence-electron chi connectivity index (χ3n) is 3.63. The van der Waals surface area contributed by atoms with E-state index < -0.39 is 0 Å². The lowest BCUT2D eigenvalue weighted by molar-refractivity contribution is -0.149. The molecule has 0 amide bonds. The van der Waals surface area contributed by atoms with E-state index in [1.54, 1.807) is 12.1 Å². The van der Waals surface area contributed by atoms with Crippen LogP contribution >= 0.6 is 11.8 Å². The van der Waals surface area contributed by atoms with Crippen LogP contribution in [0, 0.1) is 11.7 Å². The van der Waals surface area contributed by atoms with Gasteiger partial charge in [0.25, 0.3) is 0 Å². The van der Waals surface area contributed by atoms with Crippen LogP contribution in [0.2, 0.25) is 0 Å². The van der Waals surface area contributed by atoms with E-state index in [1.165, 1.54) is 17.8 Å². The van der Waals surface area contributed by atoms with Crippen LogP contribution in [0.25, 0.3) is 0 Å². The Hall–Kier alpha value is -1.07. The highest BCUT2D eigenvalue weighted by Gasteiger charge is 2.26. The Morgan fingerprint density at radius 2 is 2.29 bits per heavy atom. The molecule has 0 radical (unpaired) electrons. The largest absolute Gasteiger partial charge is 0.466 e. The van der Waals surface area contributed by atoms with Gasteiger partial charge in [0, 0.05) is 23.7 Å². The molecule has 1 heterocycles. The summed E-state index contributed by atoms with van der Waals surface area (Å²) in [4.78, 5) is 14.7. The fourth-order valence-electron chi connectivity index (χ4n) is 2.56. The monoisotopic (exact) mass is 311 g/mol. The topological polar surface area (TPSA) is 29.5 Å². The molecule has 2 rings (SSSR count). The van der Waals surface area contributed by atoms with Crippen molar-refractivity contribution in [2.45, 2.75) is 24.7 Å². The van der Waals surface area contributed by atoms with Crippen LogP contribution in [0.5, 0.6) is 0 Å². The van der Waals surface area contributed by atoms with Gasteiger partial charge in [0.1, 0.15) is 5.82 Å². The Kier molecular flexibility index (Phi) is 6.51. The number of rotatable bonds is 6. The predicted octanol–water partition coefficient (Wildman–Crippen LogP) is 3.19. The molecule has 116 valence electrons. The van der Waals surface area contributed by atoms with Gasteiger partial charge < -0.3 is 9.64 Å². The highest BCUT2D eigenvalue weighted by atomic mass is 32.2. The second-order valence-corrected chi connectivity index (χ2v) is 6.31. The molecule has 0 aromatic heterocycles. The number of hydrogen-bond donors (Lipinski definition) is 0. The molecule has 1 aromatic rings. The average molecular weight is 311 g/mol. The van der Waals surface area contributed by atoms with Gasteiger partial charge in [-0.2, -0.15) is 0 Å². The molecule has 21 heavy (non-hydrogen) atoms. The van der Waals surface area contributed by atoms with Gasteiger partial charge in [0.15, 0.2) is 0 Å². The third kappa shape index (κ3) is 5.00. The fourth-order valence-corrected chi connectivity index (χ4v) is 3.51. The number of benzene rings is 1. The van der Waals surface area contributed by atoms with E-state index in [9.17, 15) is 9.18 Å². The van der Waals surface area contributed by atoms with Gasteiger partial charge in [0.2, 0.25) is 0 Å². The maximum absolute atomic E-state index is 13.5. The fraction of sp³-hybridized carbons (Fsp3) is 0.562. The normalized spacial score (nSPS) is 19.4. The van der Waals surface area contributed by atoms with Crippen LogP contribution in [0.15, 0.2) is 29.2 Å². The van der Waals surface area contributed by atoms with E-state index >= 15 is 0 Å². The van der Waals surface area contributed by atoms with Crippen molar-refractivity contribution < 1.29 is 13.9 Å². The minimum absolute atomic E-state index is 0.00263. The minimum Gasteiger partial charge on any atom is -0.466 e. The maximum Gasteiger partial charge on any atom is 0.310 e. The predicted molar refractivity (Wildman–Crippen MR) is 82.9 cm³/mol. The molecule has 0 bridgehead atoms. The van der Waals surface area contributed by atoms with E-state index in [0.717, 1.165) is 38.2 Å². The molecular formula is C16H22FNO2S. The first-order chi connectivity index (χ1) is 10.2. The standard InChI is InChI=1S/C16H22FNO2S/c1-2-20-16(19)13-6-5-9-18(12-13)10-11-21-15-8-4-3-7-14(15)17/h3-4,7-8,13H,2,5-6,9-12H2,1H3/t13-/m1/s1. The van der Waals surface area contributed by atoms with E-state index in [-0.39, 0.29) is 17.7 Å². The summed E-state index contributed by atoms with van der Waals surface area (Å²) >= 11 is 1.53. The van der Waals surface area contributed by atoms with Crippen molar-refractivity contribution in [3.8, 4) is 0 Å². The number of hydrogen-bond acceptors (Lipinski definition) is 4. The molecule has 3 nitrogen and oxygen atoms in total. The first-order valence-corrected chi connectivity index (χ1v) is 8.45. The van der Waals surface area contributed by atoms with Gasteiger partial charge in [-0.05, 0) is 38.4 Å². The number of nitrogens with zero attached hydrogens (tertiary/aromatic N) is 1. The van der Waals surface area contributed by atoms with Crippen LogP contribution in [0.1, 0.15) is 19.8 Å². The molecule has 0 aliphatic carbocycles. The summed E-state index contributed by atoms with van der Waals surface area (Å²) in [6.07, 6.45) is 1.93. The number of ether oxygens (including phenoxy) is 1. The molecule has 1 atom stereocenters. The van der Waals surface area contributed by atoms with Crippen molar-refractivity contribution in [2.75, 3.05) is 32.0 Å². The second kappa shape index (κ2) is 8.39. The van der Waals surface area contributed by atoms with E-state index in [1.807, 2.05) is 13.0 Å². The van der Waals surface area contributed by atoms with Crippen LogP contribution in [0.3, 0.4) is 0 Å². The molecule has 0 unspecified atom stereocenters. The molecule has 5 heteroatoms. The zero-order valence-corrected chi connectivity index (χ0v) is 13.2. The quantitative estimate of drug-likeness (QED) is 0.596. The van der Waals surface area contributed by atoms with Crippen molar-refractivity contribution in [2.24, 2.45) is 5.92 Å². The van der Waals surface area contributed by atoms with Gasteiger partial charge in [-0.25, -0.2) is 4.39 Å². The van der Waals surface area contributed by atoms with Crippen molar-refractivity contribution >= 4 is 17.7 Å². The van der Waals surface area contributed by atoms with Gasteiger partial charge in [-0.15, -0.1) is 11.8 Å². The summed E-state index contributed by atoms with van der Waals surface area (Å²) in [5.41, 5.74) is 0. The Morgan fingerprint density at radius 1 is 1.48 bits per heavy atom. The van der Waals surface area contributed by atoms with Crippen molar-refractivity contribution in [1.82, 2.24) is 4.90 Å². The summed E-state index contributed by atoms with van der Waals surface area (Å²) in [6.45, 7) is 4.92. The van der Waals surface area contributed by atoms with Gasteiger partial charge >= 0.3 is 5.97 Å². The highest BCUT2D eigenvalue weighted by molar-refractivity contribution is 7.99. The molecule has 0 spiro atoms. The molecule has 1 saturated heterocycles. The Bertz CT molecular complexity index is 469. The molecule has 1 aliphatic rings. The second-order valence-electron chi connectivity index (χ2n) is 5.17. The van der Waals surface area contributed by atoms with Gasteiger partial charge in [-0.1, -0.05) is 12.1 Å². The van der Waals surface area contributed by atoms with Crippen LogP contribution in [-0.4, -0.2) is 42.9 Å². The maximum atomic E-state index is 13.5. The van der Waals surface area contributed by atoms with Crippen molar-refractivity contribution in [3.05, 3.63) is 30.1 Å². The average Bonchev–Trinajstić information content (AvgIpc) is 2.50. The van der Waals surface area contributed by atoms with Gasteiger partial charge in [-0.3, -0.25) is 4.79 Å². The molecule has 0 N–H and O–H groups in total. The first kappa shape index (κ1) is 16.3. The van der Waals surface area contributed by atoms with Gasteiger partial charge in [0.05, 0.1) is 12.5 Å². The zero-order valence-electron chi connectivity index (χ0n) is 12.4. The van der Waals surface area contributed by atoms with E-state index in [2.05, 4.69) is 4.90 Å². The third-order valence-corrected chi connectivity index (χ3v) is 4.66. The van der Waals surface area contributed by atoms with Crippen molar-refractivity contribution in [1.29, 1.82) is 0 Å². The number of halogens is 1. The lowest BCUT2D eigenvalue weighted by Gasteiger charge is -2.31. The number of likely N-dealkylation sites (tertiary alicyclic amines) is 1. The molecule has 1 aliphatic heterocycles. The number of piperidine rings is 1. The van der Waals surface area contributed by atoms with Crippen LogP contribution < -0.4 is 0 Å². The lowest BCUT2D eigenvalue weighted by Crippen LogP contribution is -2.40. The van der Waals surface area contributed by atoms with E-state index in [0.29, 0.717) is 11.5 Å². The van der Waals surface area contributed by atoms with Crippen LogP contribution in [0.4, 0.5) is 4.39 Å². The molecular weight excluding hydrogens is 289 g/mol. The summed E-state index contributed by atoms with van der Waals surface area (Å²) in [6, 6.07) is 6.84.